The highest BCUT2D eigenvalue weighted by atomic mass is 32.2. The molecule has 19 nitrogen and oxygen atoms in total. The first-order chi connectivity index (χ1) is 35.9. The summed E-state index contributed by atoms with van der Waals surface area (Å²) in [6.07, 6.45) is 4.76. The van der Waals surface area contributed by atoms with Crippen molar-refractivity contribution in [1.29, 1.82) is 0 Å². The van der Waals surface area contributed by atoms with Crippen LogP contribution in [0.15, 0.2) is 24.3 Å². The van der Waals surface area contributed by atoms with Crippen LogP contribution in [-0.4, -0.2) is 178 Å². The topological polar surface area (TPSA) is 239 Å². The number of nitrogens with one attached hydrogen (secondary N) is 2. The third-order valence-electron chi connectivity index (χ3n) is 16.0. The number of methoxy groups -OCH3 is 2. The number of ketones is 1. The van der Waals surface area contributed by atoms with Gasteiger partial charge in [-0.25, -0.2) is 8.42 Å². The number of benzene rings is 1. The quantitative estimate of drug-likeness (QED) is 0.0775. The molecule has 0 spiro atoms. The molecule has 0 aromatic heterocycles. The van der Waals surface area contributed by atoms with E-state index < -0.39 is 75.2 Å². The number of sulfonamides is 1. The van der Waals surface area contributed by atoms with E-state index in [0.717, 1.165) is 6.42 Å². The molecule has 2 aliphatic heterocycles. The highest BCUT2D eigenvalue weighted by molar-refractivity contribution is 7.90. The third-order valence-corrected chi connectivity index (χ3v) is 17.9. The van der Waals surface area contributed by atoms with Gasteiger partial charge in [0.1, 0.15) is 11.8 Å². The Balaban J connectivity index is 1.41. The number of piperidine rings is 1. The maximum Gasteiger partial charge on any atom is 0.306 e. The second-order valence-electron chi connectivity index (χ2n) is 22.5. The molecule has 9 atom stereocenters. The van der Waals surface area contributed by atoms with Crippen LogP contribution >= 0.6 is 0 Å². The Hall–Kier alpha value is -4.66. The molecule has 3 aliphatic rings. The number of carboxylic acid groups (broad SMARTS) is 1. The predicted molar refractivity (Wildman–Crippen MR) is 289 cm³/mol. The van der Waals surface area contributed by atoms with Crippen LogP contribution in [0.1, 0.15) is 138 Å². The lowest BCUT2D eigenvalue weighted by Gasteiger charge is -2.41. The molecule has 1 aromatic rings. The van der Waals surface area contributed by atoms with Crippen molar-refractivity contribution in [2.75, 3.05) is 61.6 Å². The summed E-state index contributed by atoms with van der Waals surface area (Å²) < 4.78 is 46.2. The maximum absolute atomic E-state index is 14.5. The van der Waals surface area contributed by atoms with Gasteiger partial charge in [0, 0.05) is 66.1 Å². The molecule has 76 heavy (non-hydrogen) atoms. The minimum Gasteiger partial charge on any atom is -0.494 e. The standard InChI is InChI=1S/C56H92N6O13S/c1-13-37(6)51(60(10)55(68)43(35(2)3)33-46(63)50(36(4)5)59(8)9)47(73-11)34-49(65)62-28-17-18-45(62)52(74-12)38(7)53(66)57-44(54(67)58-76(71,72)42-24-25-42)32-39-20-22-41(23-21-39)75-31-16-14-15-19-48(64)61-29-26-40(27-30-61)56(69)70/h20-23,35-38,40,42-45,47,50-52H,13-19,24-34H2,1-12H3,(H,57,66)(H,58,67)(H,69,70)/t37-,38+,43-,44-,45-,47+,50-,51-,52+/m0/s1. The molecule has 2 heterocycles. The van der Waals surface area contributed by atoms with Gasteiger partial charge in [-0.05, 0) is 107 Å². The van der Waals surface area contributed by atoms with Crippen LogP contribution < -0.4 is 14.8 Å². The zero-order valence-electron chi connectivity index (χ0n) is 47.6. The van der Waals surface area contributed by atoms with Crippen molar-refractivity contribution in [3.8, 4) is 5.75 Å². The Labute approximate surface area is 453 Å². The van der Waals surface area contributed by atoms with Gasteiger partial charge in [-0.15, -0.1) is 0 Å². The SMILES string of the molecule is CC[C@H](C)[C@@H]([C@@H](CC(=O)N1CCC[C@H]1[C@H](OC)[C@@H](C)C(=O)N[C@@H](Cc1ccc(OCCCCCC(=O)N2CCC(C(=O)O)CC2)cc1)C(=O)NS(=O)(=O)C1CC1)OC)N(C)C(=O)[C@@H](CC(=O)[C@H](C(C)C)N(C)C)C(C)C. The fraction of sp³-hybridized carbons (Fsp3) is 0.768. The van der Waals surface area contributed by atoms with Crippen molar-refractivity contribution in [3.63, 3.8) is 0 Å². The molecule has 2 saturated heterocycles. The molecule has 430 valence electrons. The highest BCUT2D eigenvalue weighted by Gasteiger charge is 2.44. The smallest absolute Gasteiger partial charge is 0.306 e. The Kier molecular flexibility index (Phi) is 25.1. The molecule has 0 radical (unpaired) electrons. The Bertz CT molecular complexity index is 2190. The number of amides is 5. The number of carbonyl (C=O) groups is 7. The lowest BCUT2D eigenvalue weighted by molar-refractivity contribution is -0.149. The molecular weight excluding hydrogens is 997 g/mol. The fourth-order valence-electron chi connectivity index (χ4n) is 11.2. The van der Waals surface area contributed by atoms with E-state index in [9.17, 15) is 47.1 Å². The van der Waals surface area contributed by atoms with Gasteiger partial charge >= 0.3 is 5.97 Å². The van der Waals surface area contributed by atoms with Gasteiger partial charge in [-0.2, -0.15) is 0 Å². The van der Waals surface area contributed by atoms with E-state index in [1.807, 2.05) is 60.5 Å². The number of unbranched alkanes of at least 4 members (excludes halogenated alkanes) is 2. The van der Waals surface area contributed by atoms with Gasteiger partial charge in [0.15, 0.2) is 5.78 Å². The van der Waals surface area contributed by atoms with Crippen LogP contribution in [0.25, 0.3) is 0 Å². The first kappa shape index (κ1) is 63.9. The van der Waals surface area contributed by atoms with Gasteiger partial charge < -0.3 is 39.3 Å². The lowest BCUT2D eigenvalue weighted by Crippen LogP contribution is -2.55. The number of hydrogen-bond acceptors (Lipinski definition) is 13. The van der Waals surface area contributed by atoms with E-state index in [0.29, 0.717) is 102 Å². The number of carboxylic acids is 1. The van der Waals surface area contributed by atoms with Crippen LogP contribution in [0.5, 0.6) is 5.75 Å². The Morgan fingerprint density at radius 3 is 1.97 bits per heavy atom. The summed E-state index contributed by atoms with van der Waals surface area (Å²) in [6, 6.07) is 4.34. The third kappa shape index (κ3) is 17.9. The zero-order chi connectivity index (χ0) is 56.6. The summed E-state index contributed by atoms with van der Waals surface area (Å²) in [5.41, 5.74) is 0.638. The predicted octanol–water partition coefficient (Wildman–Crippen LogP) is 5.32. The number of rotatable bonds is 32. The molecule has 1 saturated carbocycles. The minimum absolute atomic E-state index is 0.00851. The number of likely N-dealkylation sites (tertiary alicyclic amines) is 2. The molecule has 4 rings (SSSR count). The number of hydrogen-bond donors (Lipinski definition) is 3. The van der Waals surface area contributed by atoms with Gasteiger partial charge in [0.05, 0.1) is 60.4 Å². The van der Waals surface area contributed by atoms with E-state index in [-0.39, 0.29) is 72.5 Å². The van der Waals surface area contributed by atoms with Crippen molar-refractivity contribution in [2.45, 2.75) is 180 Å². The molecule has 0 unspecified atom stereocenters. The summed E-state index contributed by atoms with van der Waals surface area (Å²) in [7, 11) is 4.53. The normalized spacial score (nSPS) is 19.6. The molecular formula is C56H92N6O13S. The number of aliphatic carboxylic acids is 1. The average molecular weight is 1090 g/mol. The van der Waals surface area contributed by atoms with Crippen LogP contribution in [0.2, 0.25) is 0 Å². The summed E-state index contributed by atoms with van der Waals surface area (Å²) >= 11 is 0. The highest BCUT2D eigenvalue weighted by Crippen LogP contribution is 2.32. The van der Waals surface area contributed by atoms with Crippen LogP contribution in [0.3, 0.4) is 0 Å². The second-order valence-corrected chi connectivity index (χ2v) is 24.5. The summed E-state index contributed by atoms with van der Waals surface area (Å²) in [4.78, 5) is 102. The first-order valence-corrected chi connectivity index (χ1v) is 29.3. The van der Waals surface area contributed by atoms with Gasteiger partial charge in [0.25, 0.3) is 5.91 Å². The number of Topliss-reactive ketones (excluding diaryl/α,β-unsaturated/α-hetero) is 1. The van der Waals surface area contributed by atoms with E-state index in [1.165, 1.54) is 14.2 Å². The van der Waals surface area contributed by atoms with Crippen molar-refractivity contribution in [3.05, 3.63) is 29.8 Å². The van der Waals surface area contributed by atoms with E-state index in [1.54, 1.807) is 52.9 Å². The molecule has 0 bridgehead atoms. The molecule has 5 amide bonds. The van der Waals surface area contributed by atoms with Crippen LogP contribution in [-0.2, 0) is 59.5 Å². The van der Waals surface area contributed by atoms with Gasteiger partial charge in [-0.1, -0.05) is 67.0 Å². The van der Waals surface area contributed by atoms with Crippen molar-refractivity contribution >= 4 is 51.3 Å². The monoisotopic (exact) mass is 1090 g/mol. The van der Waals surface area contributed by atoms with Gasteiger partial charge in [-0.3, -0.25) is 43.2 Å². The maximum atomic E-state index is 14.5. The molecule has 3 N–H and O–H groups in total. The largest absolute Gasteiger partial charge is 0.494 e. The Morgan fingerprint density at radius 2 is 1.43 bits per heavy atom. The van der Waals surface area contributed by atoms with E-state index in [2.05, 4.69) is 10.0 Å². The zero-order valence-corrected chi connectivity index (χ0v) is 48.4. The fourth-order valence-corrected chi connectivity index (χ4v) is 12.5. The molecule has 1 aliphatic carbocycles. The van der Waals surface area contributed by atoms with Crippen LogP contribution in [0, 0.1) is 35.5 Å². The first-order valence-electron chi connectivity index (χ1n) is 27.8. The summed E-state index contributed by atoms with van der Waals surface area (Å²) in [6.45, 7) is 15.3. The van der Waals surface area contributed by atoms with E-state index >= 15 is 0 Å². The van der Waals surface area contributed by atoms with Crippen LogP contribution in [0.4, 0.5) is 0 Å². The lowest BCUT2D eigenvalue weighted by atomic mass is 9.83. The molecule has 3 fully saturated rings. The van der Waals surface area contributed by atoms with E-state index in [4.69, 9.17) is 14.2 Å². The summed E-state index contributed by atoms with van der Waals surface area (Å²) in [5.74, 6) is -4.01. The van der Waals surface area contributed by atoms with Crippen molar-refractivity contribution < 1.29 is 61.3 Å². The number of ether oxygens (including phenoxy) is 3. The number of carbonyl (C=O) groups excluding carboxylic acids is 6. The minimum atomic E-state index is -3.96. The molecule has 20 heteroatoms. The van der Waals surface area contributed by atoms with Crippen molar-refractivity contribution in [1.82, 2.24) is 29.6 Å². The number of nitrogens with zero attached hydrogens (tertiary/aromatic N) is 4. The average Bonchev–Trinajstić information content (AvgIpc) is 4.14. The van der Waals surface area contributed by atoms with Crippen molar-refractivity contribution in [2.24, 2.45) is 35.5 Å². The Morgan fingerprint density at radius 1 is 0.789 bits per heavy atom. The second kappa shape index (κ2) is 29.9. The summed E-state index contributed by atoms with van der Waals surface area (Å²) in [5, 5.41) is 11.4. The molecule has 1 aromatic carbocycles. The van der Waals surface area contributed by atoms with Gasteiger partial charge in [0.2, 0.25) is 33.7 Å². The number of likely N-dealkylation sites (N-methyl/N-ethyl adjacent to an activating group) is 2.